The Morgan fingerprint density at radius 2 is 1.85 bits per heavy atom. The van der Waals surface area contributed by atoms with E-state index in [9.17, 15) is 9.90 Å². The van der Waals surface area contributed by atoms with Gasteiger partial charge >= 0.3 is 0 Å². The van der Waals surface area contributed by atoms with Crippen molar-refractivity contribution in [2.24, 2.45) is 4.99 Å². The Bertz CT molecular complexity index is 1190. The molecule has 0 aliphatic carbocycles. The third-order valence-electron chi connectivity index (χ3n) is 4.65. The molecule has 0 atom stereocenters. The number of pyridine rings is 1. The number of amidine groups is 1. The molecule has 168 valence electrons. The van der Waals surface area contributed by atoms with Gasteiger partial charge in [-0.3, -0.25) is 9.69 Å². The molecule has 8 heteroatoms. The van der Waals surface area contributed by atoms with Crippen LogP contribution in [0.4, 0.5) is 11.5 Å². The van der Waals surface area contributed by atoms with Gasteiger partial charge in [-0.15, -0.1) is 0 Å². The number of amides is 1. The molecular weight excluding hydrogens is 438 g/mol. The summed E-state index contributed by atoms with van der Waals surface area (Å²) in [7, 11) is 0. The van der Waals surface area contributed by atoms with E-state index in [2.05, 4.69) is 9.98 Å². The number of aromatic nitrogens is 1. The first kappa shape index (κ1) is 22.4. The van der Waals surface area contributed by atoms with E-state index >= 15 is 0 Å². The van der Waals surface area contributed by atoms with E-state index in [0.29, 0.717) is 40.5 Å². The van der Waals surface area contributed by atoms with Gasteiger partial charge in [-0.25, -0.2) is 9.98 Å². The normalized spacial score (nSPS) is 15.9. The molecule has 4 rings (SSSR count). The lowest BCUT2D eigenvalue weighted by molar-refractivity contribution is -0.113. The molecule has 1 amide bonds. The highest BCUT2D eigenvalue weighted by Crippen LogP contribution is 2.38. The molecule has 1 aromatic heterocycles. The van der Waals surface area contributed by atoms with Gasteiger partial charge in [0.1, 0.15) is 5.75 Å². The molecule has 3 aromatic rings. The van der Waals surface area contributed by atoms with Crippen LogP contribution < -0.4 is 14.4 Å². The number of anilines is 1. The van der Waals surface area contributed by atoms with Crippen molar-refractivity contribution in [1.82, 2.24) is 4.98 Å². The molecule has 0 unspecified atom stereocenters. The lowest BCUT2D eigenvalue weighted by atomic mass is 10.2. The number of phenolic OH excluding ortho intramolecular Hbond substituents is 1. The Morgan fingerprint density at radius 3 is 2.55 bits per heavy atom. The molecule has 0 spiro atoms. The van der Waals surface area contributed by atoms with E-state index < -0.39 is 0 Å². The quantitative estimate of drug-likeness (QED) is 0.475. The summed E-state index contributed by atoms with van der Waals surface area (Å²) in [5, 5.41) is 10.5. The topological polar surface area (TPSA) is 84.2 Å². The maximum Gasteiger partial charge on any atom is 0.271 e. The molecule has 1 fully saturated rings. The van der Waals surface area contributed by atoms with Crippen molar-refractivity contribution in [3.63, 3.8) is 0 Å². The molecule has 0 radical (unpaired) electrons. The number of hydrogen-bond acceptors (Lipinski definition) is 7. The monoisotopic (exact) mass is 461 g/mol. The second-order valence-electron chi connectivity index (χ2n) is 6.92. The highest BCUT2D eigenvalue weighted by molar-refractivity contribution is 8.19. The van der Waals surface area contributed by atoms with Crippen molar-refractivity contribution in [3.05, 3.63) is 77.3 Å². The highest BCUT2D eigenvalue weighted by atomic mass is 32.2. The fourth-order valence-corrected chi connectivity index (χ4v) is 4.18. The van der Waals surface area contributed by atoms with Crippen molar-refractivity contribution >= 4 is 40.4 Å². The van der Waals surface area contributed by atoms with Crippen LogP contribution in [0.3, 0.4) is 0 Å². The van der Waals surface area contributed by atoms with Gasteiger partial charge in [0, 0.05) is 6.20 Å². The number of rotatable bonds is 7. The minimum atomic E-state index is -0.204. The van der Waals surface area contributed by atoms with E-state index in [1.54, 1.807) is 41.4 Å². The summed E-state index contributed by atoms with van der Waals surface area (Å²) in [4.78, 5) is 24.4. The number of nitrogens with zero attached hydrogens (tertiary/aromatic N) is 3. The number of hydrogen-bond donors (Lipinski definition) is 1. The lowest BCUT2D eigenvalue weighted by Crippen LogP contribution is -2.28. The van der Waals surface area contributed by atoms with Gasteiger partial charge < -0.3 is 14.6 Å². The Morgan fingerprint density at radius 1 is 1.06 bits per heavy atom. The summed E-state index contributed by atoms with van der Waals surface area (Å²) >= 11 is 1.26. The van der Waals surface area contributed by atoms with E-state index in [4.69, 9.17) is 9.47 Å². The molecule has 2 heterocycles. The molecule has 0 bridgehead atoms. The number of benzene rings is 2. The van der Waals surface area contributed by atoms with Crippen LogP contribution in [0.25, 0.3) is 6.08 Å². The predicted octanol–water partition coefficient (Wildman–Crippen LogP) is 5.39. The van der Waals surface area contributed by atoms with Crippen molar-refractivity contribution in [2.75, 3.05) is 18.1 Å². The number of carbonyl (C=O) groups excluding carboxylic acids is 1. The highest BCUT2D eigenvalue weighted by Gasteiger charge is 2.35. The average Bonchev–Trinajstić information content (AvgIpc) is 3.12. The number of thioether (sulfide) groups is 1. The second-order valence-corrected chi connectivity index (χ2v) is 7.93. The summed E-state index contributed by atoms with van der Waals surface area (Å²) in [5.74, 6) is 1.45. The smallest absolute Gasteiger partial charge is 0.271 e. The first-order valence-corrected chi connectivity index (χ1v) is 11.3. The van der Waals surface area contributed by atoms with E-state index in [1.165, 1.54) is 11.8 Å². The van der Waals surface area contributed by atoms with Crippen LogP contribution >= 0.6 is 11.8 Å². The molecular formula is C25H23N3O4S. The van der Waals surface area contributed by atoms with Gasteiger partial charge in [-0.05, 0) is 85.8 Å². The Labute approximate surface area is 196 Å². The molecule has 1 aliphatic rings. The maximum absolute atomic E-state index is 13.4. The van der Waals surface area contributed by atoms with Gasteiger partial charge in [0.15, 0.2) is 22.5 Å². The fourth-order valence-electron chi connectivity index (χ4n) is 3.20. The number of aromatic hydroxyl groups is 1. The van der Waals surface area contributed by atoms with Gasteiger partial charge in [0.2, 0.25) is 0 Å². The van der Waals surface area contributed by atoms with Crippen molar-refractivity contribution < 1.29 is 19.4 Å². The molecule has 7 nitrogen and oxygen atoms in total. The van der Waals surface area contributed by atoms with Gasteiger partial charge in [0.05, 0.1) is 23.8 Å². The lowest BCUT2D eigenvalue weighted by Gasteiger charge is -2.16. The number of phenols is 1. The van der Waals surface area contributed by atoms with Crippen molar-refractivity contribution in [1.29, 1.82) is 0 Å². The zero-order chi connectivity index (χ0) is 23.2. The number of aliphatic imine (C=N–C) groups is 1. The Hall–Kier alpha value is -3.78. The van der Waals surface area contributed by atoms with Crippen LogP contribution in [-0.4, -0.2) is 34.4 Å². The number of ether oxygens (including phenoxy) is 2. The minimum Gasteiger partial charge on any atom is -0.504 e. The second kappa shape index (κ2) is 10.2. The summed E-state index contributed by atoms with van der Waals surface area (Å²) in [6, 6.07) is 17.7. The molecule has 1 aliphatic heterocycles. The van der Waals surface area contributed by atoms with Crippen LogP contribution in [0.15, 0.2) is 76.8 Å². The van der Waals surface area contributed by atoms with E-state index in [-0.39, 0.29) is 11.7 Å². The molecule has 33 heavy (non-hydrogen) atoms. The largest absolute Gasteiger partial charge is 0.504 e. The van der Waals surface area contributed by atoms with Crippen LogP contribution in [0.2, 0.25) is 0 Å². The zero-order valence-electron chi connectivity index (χ0n) is 18.3. The third-order valence-corrected chi connectivity index (χ3v) is 5.62. The van der Waals surface area contributed by atoms with Crippen LogP contribution in [0.5, 0.6) is 17.2 Å². The molecule has 2 aromatic carbocycles. The number of carbonyl (C=O) groups is 1. The Balaban J connectivity index is 1.72. The van der Waals surface area contributed by atoms with Crippen LogP contribution in [0.1, 0.15) is 19.4 Å². The van der Waals surface area contributed by atoms with E-state index in [1.807, 2.05) is 50.2 Å². The molecule has 0 saturated carbocycles. The van der Waals surface area contributed by atoms with Crippen molar-refractivity contribution in [3.8, 4) is 17.2 Å². The standard InChI is InChI=1S/C25H23N3O4S/c1-3-31-19-11-9-18(10-12-19)28-24(30)22(33-25(28)27-23-7-5-6-14-26-23)16-17-8-13-20(29)21(15-17)32-4-2/h5-16,29H,3-4H2,1-2H3/b22-16-,27-25-. The molecule has 1 N–H and O–H groups in total. The van der Waals surface area contributed by atoms with Gasteiger partial charge in [-0.1, -0.05) is 12.1 Å². The molecule has 1 saturated heterocycles. The zero-order valence-corrected chi connectivity index (χ0v) is 19.1. The third kappa shape index (κ3) is 5.18. The van der Waals surface area contributed by atoms with Crippen LogP contribution in [0, 0.1) is 0 Å². The Kier molecular flexibility index (Phi) is 6.95. The maximum atomic E-state index is 13.4. The van der Waals surface area contributed by atoms with Crippen LogP contribution in [-0.2, 0) is 4.79 Å². The SMILES string of the molecule is CCOc1ccc(N2C(=O)/C(=C/c3ccc(O)c(OCC)c3)S/C2=N\c2ccccn2)cc1. The summed E-state index contributed by atoms with van der Waals surface area (Å²) in [6.45, 7) is 4.75. The summed E-state index contributed by atoms with van der Waals surface area (Å²) < 4.78 is 11.0. The first-order chi connectivity index (χ1) is 16.1. The van der Waals surface area contributed by atoms with Crippen molar-refractivity contribution in [2.45, 2.75) is 13.8 Å². The summed E-state index contributed by atoms with van der Waals surface area (Å²) in [5.41, 5.74) is 1.41. The predicted molar refractivity (Wildman–Crippen MR) is 131 cm³/mol. The average molecular weight is 462 g/mol. The van der Waals surface area contributed by atoms with Gasteiger partial charge in [-0.2, -0.15) is 0 Å². The van der Waals surface area contributed by atoms with E-state index in [0.717, 1.165) is 11.3 Å². The summed E-state index contributed by atoms with van der Waals surface area (Å²) in [6.07, 6.45) is 3.42. The van der Waals surface area contributed by atoms with Gasteiger partial charge in [0.25, 0.3) is 5.91 Å². The first-order valence-electron chi connectivity index (χ1n) is 10.5. The minimum absolute atomic E-state index is 0.0535. The fraction of sp³-hybridized carbons (Fsp3) is 0.160.